The molecule has 0 aromatic heterocycles. The molecule has 0 bridgehead atoms. The average molecular weight is 244 g/mol. The Morgan fingerprint density at radius 1 is 1.06 bits per heavy atom. The van der Waals surface area contributed by atoms with E-state index in [1.54, 1.807) is 0 Å². The van der Waals surface area contributed by atoms with E-state index in [0.29, 0.717) is 6.54 Å². The fourth-order valence-electron chi connectivity index (χ4n) is 0.816. The third kappa shape index (κ3) is 8.68. The molecule has 0 aromatic carbocycles. The summed E-state index contributed by atoms with van der Waals surface area (Å²) in [5.74, 6) is -0.309. The van der Waals surface area contributed by atoms with Crippen LogP contribution in [-0.4, -0.2) is 24.0 Å². The molecule has 0 aliphatic carbocycles. The first-order valence-corrected chi connectivity index (χ1v) is 5.77. The fraction of sp³-hybridized carbons (Fsp3) is 0.833. The first-order valence-electron chi connectivity index (χ1n) is 5.77. The molecule has 5 nitrogen and oxygen atoms in total. The predicted molar refractivity (Wildman–Crippen MR) is 66.1 cm³/mol. The Balaban J connectivity index is 3.77. The Labute approximate surface area is 103 Å². The molecule has 0 heterocycles. The van der Waals surface area contributed by atoms with E-state index in [-0.39, 0.29) is 18.2 Å². The smallest absolute Gasteiger partial charge is 0.245 e. The van der Waals surface area contributed by atoms with E-state index in [1.807, 2.05) is 41.5 Å². The van der Waals surface area contributed by atoms with Gasteiger partial charge in [0, 0.05) is 18.4 Å². The van der Waals surface area contributed by atoms with Crippen molar-refractivity contribution in [2.24, 2.45) is 5.41 Å². The number of carbonyl (C=O) groups is 2. The van der Waals surface area contributed by atoms with E-state index in [9.17, 15) is 9.59 Å². The van der Waals surface area contributed by atoms with Gasteiger partial charge in [-0.25, -0.2) is 5.48 Å². The second kappa shape index (κ2) is 6.00. The number of hydrogen-bond acceptors (Lipinski definition) is 3. The lowest BCUT2D eigenvalue weighted by Crippen LogP contribution is -2.38. The van der Waals surface area contributed by atoms with E-state index in [1.165, 1.54) is 0 Å². The topological polar surface area (TPSA) is 67.4 Å². The van der Waals surface area contributed by atoms with Gasteiger partial charge in [0.05, 0.1) is 5.60 Å². The molecule has 0 unspecified atom stereocenters. The maximum Gasteiger partial charge on any atom is 0.245 e. The van der Waals surface area contributed by atoms with Gasteiger partial charge in [-0.05, 0) is 20.8 Å². The Bertz CT molecular complexity index is 274. The Morgan fingerprint density at radius 2 is 1.59 bits per heavy atom. The largest absolute Gasteiger partial charge is 0.355 e. The molecule has 0 saturated heterocycles. The van der Waals surface area contributed by atoms with Gasteiger partial charge in [-0.15, -0.1) is 0 Å². The molecule has 0 spiro atoms. The fourth-order valence-corrected chi connectivity index (χ4v) is 0.816. The van der Waals surface area contributed by atoms with Crippen LogP contribution >= 0.6 is 0 Å². The van der Waals surface area contributed by atoms with Crippen molar-refractivity contribution >= 4 is 11.8 Å². The van der Waals surface area contributed by atoms with E-state index >= 15 is 0 Å². The van der Waals surface area contributed by atoms with Gasteiger partial charge in [-0.2, -0.15) is 0 Å². The van der Waals surface area contributed by atoms with Crippen molar-refractivity contribution in [1.82, 2.24) is 10.8 Å². The van der Waals surface area contributed by atoms with Crippen molar-refractivity contribution in [3.8, 4) is 0 Å². The molecule has 0 rings (SSSR count). The number of nitrogens with one attached hydrogen (secondary N) is 2. The van der Waals surface area contributed by atoms with Gasteiger partial charge in [-0.1, -0.05) is 20.8 Å². The van der Waals surface area contributed by atoms with Crippen LogP contribution in [0.5, 0.6) is 0 Å². The highest BCUT2D eigenvalue weighted by Crippen LogP contribution is 2.12. The third-order valence-electron chi connectivity index (χ3n) is 1.79. The molecule has 2 amide bonds. The summed E-state index contributed by atoms with van der Waals surface area (Å²) in [6, 6.07) is 0. The maximum atomic E-state index is 11.5. The summed E-state index contributed by atoms with van der Waals surface area (Å²) >= 11 is 0. The monoisotopic (exact) mass is 244 g/mol. The summed E-state index contributed by atoms with van der Waals surface area (Å²) in [6.45, 7) is 11.3. The van der Waals surface area contributed by atoms with Gasteiger partial charge in [-0.3, -0.25) is 14.4 Å². The molecule has 100 valence electrons. The zero-order valence-electron chi connectivity index (χ0n) is 11.6. The minimum atomic E-state index is -0.432. The zero-order valence-corrected chi connectivity index (χ0v) is 11.6. The normalized spacial score (nSPS) is 12.1. The Hall–Kier alpha value is -1.10. The lowest BCUT2D eigenvalue weighted by atomic mass is 9.96. The van der Waals surface area contributed by atoms with Gasteiger partial charge in [0.15, 0.2) is 0 Å². The summed E-state index contributed by atoms with van der Waals surface area (Å²) in [5, 5.41) is 2.70. The first kappa shape index (κ1) is 15.9. The van der Waals surface area contributed by atoms with Crippen molar-refractivity contribution in [3.63, 3.8) is 0 Å². The molecule has 0 aromatic rings. The molecule has 0 aliphatic rings. The van der Waals surface area contributed by atoms with Crippen molar-refractivity contribution in [1.29, 1.82) is 0 Å². The zero-order chi connectivity index (χ0) is 13.7. The molecule has 0 atom stereocenters. The van der Waals surface area contributed by atoms with Crippen molar-refractivity contribution < 1.29 is 14.4 Å². The Kier molecular flexibility index (Phi) is 5.61. The molecular formula is C12H24N2O3. The summed E-state index contributed by atoms with van der Waals surface area (Å²) in [5.41, 5.74) is 1.50. The van der Waals surface area contributed by atoms with E-state index in [0.717, 1.165) is 0 Å². The maximum absolute atomic E-state index is 11.5. The van der Waals surface area contributed by atoms with Crippen LogP contribution in [0.2, 0.25) is 0 Å². The minimum absolute atomic E-state index is 0.0676. The molecule has 17 heavy (non-hydrogen) atoms. The summed E-state index contributed by atoms with van der Waals surface area (Å²) < 4.78 is 0. The number of hydrogen-bond donors (Lipinski definition) is 2. The lowest BCUT2D eigenvalue weighted by molar-refractivity contribution is -0.145. The van der Waals surface area contributed by atoms with Crippen LogP contribution in [-0.2, 0) is 14.4 Å². The quantitative estimate of drug-likeness (QED) is 0.734. The molecule has 2 N–H and O–H groups in total. The van der Waals surface area contributed by atoms with Crippen LogP contribution in [0.25, 0.3) is 0 Å². The third-order valence-corrected chi connectivity index (χ3v) is 1.79. The van der Waals surface area contributed by atoms with Gasteiger partial charge in [0.2, 0.25) is 11.8 Å². The van der Waals surface area contributed by atoms with Crippen LogP contribution in [0.15, 0.2) is 0 Å². The highest BCUT2D eigenvalue weighted by molar-refractivity contribution is 5.82. The van der Waals surface area contributed by atoms with E-state index < -0.39 is 11.0 Å². The van der Waals surface area contributed by atoms with Crippen LogP contribution in [0.3, 0.4) is 0 Å². The molecule has 0 fully saturated rings. The molecule has 5 heteroatoms. The van der Waals surface area contributed by atoms with Crippen LogP contribution < -0.4 is 10.8 Å². The number of amides is 2. The van der Waals surface area contributed by atoms with Crippen molar-refractivity contribution in [2.75, 3.05) is 6.54 Å². The highest BCUT2D eigenvalue weighted by atomic mass is 16.7. The number of hydroxylamine groups is 1. The van der Waals surface area contributed by atoms with Crippen molar-refractivity contribution in [2.45, 2.75) is 53.6 Å². The Morgan fingerprint density at radius 3 is 2.00 bits per heavy atom. The number of rotatable bonds is 4. The predicted octanol–water partition coefficient (Wildman–Crippen LogP) is 1.39. The van der Waals surface area contributed by atoms with E-state index in [4.69, 9.17) is 4.84 Å². The number of carbonyl (C=O) groups excluding carboxylic acids is 2. The van der Waals surface area contributed by atoms with Crippen LogP contribution in [0.1, 0.15) is 48.0 Å². The van der Waals surface area contributed by atoms with Crippen LogP contribution in [0, 0.1) is 5.41 Å². The summed E-state index contributed by atoms with van der Waals surface area (Å²) in [6.07, 6.45) is 0.206. The van der Waals surface area contributed by atoms with Gasteiger partial charge >= 0.3 is 0 Å². The lowest BCUT2D eigenvalue weighted by Gasteiger charge is -2.19. The summed E-state index contributed by atoms with van der Waals surface area (Å²) in [7, 11) is 0. The average Bonchev–Trinajstić information content (AvgIpc) is 2.12. The standard InChI is InChI=1S/C12H24N2O3/c1-11(2,3)10(16)13-8-7-9(15)14-17-12(4,5)6/h7-8H2,1-6H3,(H,13,16)(H,14,15). The minimum Gasteiger partial charge on any atom is -0.355 e. The van der Waals surface area contributed by atoms with E-state index in [2.05, 4.69) is 10.8 Å². The molecule has 0 radical (unpaired) electrons. The van der Waals surface area contributed by atoms with Gasteiger partial charge < -0.3 is 5.32 Å². The SMILES string of the molecule is CC(C)(C)ONC(=O)CCNC(=O)C(C)(C)C. The first-order chi connectivity index (χ1) is 7.52. The molecule has 0 aliphatic heterocycles. The van der Waals surface area contributed by atoms with Crippen molar-refractivity contribution in [3.05, 3.63) is 0 Å². The second-order valence-corrected chi connectivity index (χ2v) is 6.00. The second-order valence-electron chi connectivity index (χ2n) is 6.00. The molecular weight excluding hydrogens is 220 g/mol. The van der Waals surface area contributed by atoms with Gasteiger partial charge in [0.25, 0.3) is 0 Å². The van der Waals surface area contributed by atoms with Crippen LogP contribution in [0.4, 0.5) is 0 Å². The van der Waals surface area contributed by atoms with Gasteiger partial charge in [0.1, 0.15) is 0 Å². The molecule has 0 saturated carbocycles. The highest BCUT2D eigenvalue weighted by Gasteiger charge is 2.20. The summed E-state index contributed by atoms with van der Waals surface area (Å²) in [4.78, 5) is 27.9.